The number of allylic oxidation sites excluding steroid dienone is 1. The predicted molar refractivity (Wildman–Crippen MR) is 83.4 cm³/mol. The van der Waals surface area contributed by atoms with Crippen molar-refractivity contribution in [2.45, 2.75) is 6.42 Å². The normalized spacial score (nSPS) is 15.0. The second-order valence-electron chi connectivity index (χ2n) is 4.69. The van der Waals surface area contributed by atoms with Crippen LogP contribution in [0, 0.1) is 0 Å². The number of nitrogens with zero attached hydrogens (tertiary/aromatic N) is 3. The Morgan fingerprint density at radius 3 is 2.90 bits per heavy atom. The number of benzene rings is 1. The van der Waals surface area contributed by atoms with Crippen LogP contribution >= 0.6 is 11.7 Å². The predicted octanol–water partition coefficient (Wildman–Crippen LogP) is 2.90. The van der Waals surface area contributed by atoms with E-state index in [0.717, 1.165) is 36.6 Å². The maximum Gasteiger partial charge on any atom is 0.276 e. The average Bonchev–Trinajstić information content (AvgIpc) is 2.99. The summed E-state index contributed by atoms with van der Waals surface area (Å²) in [5, 5.41) is 0. The van der Waals surface area contributed by atoms with Crippen LogP contribution in [-0.2, 0) is 11.2 Å². The fourth-order valence-electron chi connectivity index (χ4n) is 2.24. The first-order chi connectivity index (χ1) is 10.4. The quantitative estimate of drug-likeness (QED) is 0.795. The highest BCUT2D eigenvalue weighted by atomic mass is 32.1. The molecular formula is C15H17N3O2S. The number of para-hydroxylation sites is 1. The molecule has 0 radical (unpaired) electrons. The van der Waals surface area contributed by atoms with Gasteiger partial charge in [0.2, 0.25) is 5.82 Å². The van der Waals surface area contributed by atoms with Crippen molar-refractivity contribution in [2.24, 2.45) is 0 Å². The molecule has 0 spiro atoms. The van der Waals surface area contributed by atoms with Gasteiger partial charge in [-0.25, -0.2) is 0 Å². The SMILES string of the molecule is C=CCc1ccccc1Oc1nsnc1N1CCOCC1. The van der Waals surface area contributed by atoms with Crippen molar-refractivity contribution in [1.29, 1.82) is 0 Å². The summed E-state index contributed by atoms with van der Waals surface area (Å²) in [4.78, 5) is 2.15. The number of rotatable bonds is 5. The highest BCUT2D eigenvalue weighted by Gasteiger charge is 2.20. The molecule has 0 aliphatic carbocycles. The van der Waals surface area contributed by atoms with Crippen LogP contribution in [-0.4, -0.2) is 35.1 Å². The first kappa shape index (κ1) is 14.0. The van der Waals surface area contributed by atoms with Gasteiger partial charge in [-0.15, -0.1) is 11.0 Å². The van der Waals surface area contributed by atoms with Crippen molar-refractivity contribution in [3.8, 4) is 11.6 Å². The van der Waals surface area contributed by atoms with Crippen LogP contribution in [0.4, 0.5) is 5.82 Å². The molecule has 6 heteroatoms. The molecule has 21 heavy (non-hydrogen) atoms. The van der Waals surface area contributed by atoms with Gasteiger partial charge >= 0.3 is 0 Å². The van der Waals surface area contributed by atoms with Crippen LogP contribution in [0.3, 0.4) is 0 Å². The van der Waals surface area contributed by atoms with Crippen molar-refractivity contribution in [2.75, 3.05) is 31.2 Å². The third-order valence-electron chi connectivity index (χ3n) is 3.30. The molecule has 1 aromatic heterocycles. The van der Waals surface area contributed by atoms with Crippen LogP contribution in [0.1, 0.15) is 5.56 Å². The number of aromatic nitrogens is 2. The van der Waals surface area contributed by atoms with Gasteiger partial charge in [-0.2, -0.15) is 4.37 Å². The Kier molecular flexibility index (Phi) is 4.47. The van der Waals surface area contributed by atoms with E-state index in [2.05, 4.69) is 20.2 Å². The second kappa shape index (κ2) is 6.69. The summed E-state index contributed by atoms with van der Waals surface area (Å²) in [5.41, 5.74) is 1.09. The molecule has 1 aliphatic heterocycles. The minimum atomic E-state index is 0.568. The second-order valence-corrected chi connectivity index (χ2v) is 5.22. The van der Waals surface area contributed by atoms with E-state index in [4.69, 9.17) is 9.47 Å². The van der Waals surface area contributed by atoms with Crippen molar-refractivity contribution in [3.05, 3.63) is 42.5 Å². The topological polar surface area (TPSA) is 47.5 Å². The molecule has 3 rings (SSSR count). The molecule has 5 nitrogen and oxygen atoms in total. The molecule has 2 heterocycles. The summed E-state index contributed by atoms with van der Waals surface area (Å²) in [6, 6.07) is 7.93. The maximum absolute atomic E-state index is 5.99. The monoisotopic (exact) mass is 303 g/mol. The summed E-state index contributed by atoms with van der Waals surface area (Å²) in [7, 11) is 0. The van der Waals surface area contributed by atoms with Gasteiger partial charge in [0, 0.05) is 13.1 Å². The summed E-state index contributed by atoms with van der Waals surface area (Å²) in [5.74, 6) is 2.18. The van der Waals surface area contributed by atoms with E-state index in [1.807, 2.05) is 30.3 Å². The van der Waals surface area contributed by atoms with Crippen molar-refractivity contribution >= 4 is 17.5 Å². The lowest BCUT2D eigenvalue weighted by molar-refractivity contribution is 0.122. The van der Waals surface area contributed by atoms with Crippen molar-refractivity contribution < 1.29 is 9.47 Å². The van der Waals surface area contributed by atoms with Gasteiger partial charge in [0.15, 0.2) is 0 Å². The van der Waals surface area contributed by atoms with Gasteiger partial charge in [0.25, 0.3) is 5.88 Å². The lowest BCUT2D eigenvalue weighted by Gasteiger charge is -2.26. The van der Waals surface area contributed by atoms with Gasteiger partial charge in [-0.3, -0.25) is 0 Å². The molecule has 2 aromatic rings. The Bertz CT molecular complexity index is 608. The largest absolute Gasteiger partial charge is 0.435 e. The lowest BCUT2D eigenvalue weighted by Crippen LogP contribution is -2.36. The van der Waals surface area contributed by atoms with Crippen LogP contribution in [0.5, 0.6) is 11.6 Å². The summed E-state index contributed by atoms with van der Waals surface area (Å²) in [6.07, 6.45) is 2.63. The Hall–Kier alpha value is -1.92. The Morgan fingerprint density at radius 2 is 2.10 bits per heavy atom. The van der Waals surface area contributed by atoms with Crippen LogP contribution in [0.15, 0.2) is 36.9 Å². The minimum absolute atomic E-state index is 0.568. The zero-order valence-electron chi connectivity index (χ0n) is 11.7. The summed E-state index contributed by atoms with van der Waals surface area (Å²) in [6.45, 7) is 6.84. The zero-order valence-corrected chi connectivity index (χ0v) is 12.5. The third-order valence-corrected chi connectivity index (χ3v) is 3.80. The van der Waals surface area contributed by atoms with Crippen LogP contribution in [0.25, 0.3) is 0 Å². The van der Waals surface area contributed by atoms with E-state index in [-0.39, 0.29) is 0 Å². The fraction of sp³-hybridized carbons (Fsp3) is 0.333. The summed E-state index contributed by atoms with van der Waals surface area (Å²) >= 11 is 1.17. The van der Waals surface area contributed by atoms with Gasteiger partial charge in [-0.1, -0.05) is 24.3 Å². The molecule has 1 aromatic carbocycles. The third kappa shape index (κ3) is 3.22. The molecule has 0 atom stereocenters. The highest BCUT2D eigenvalue weighted by molar-refractivity contribution is 6.99. The lowest BCUT2D eigenvalue weighted by atomic mass is 10.1. The van der Waals surface area contributed by atoms with E-state index in [1.54, 1.807) is 0 Å². The molecule has 110 valence electrons. The van der Waals surface area contributed by atoms with Gasteiger partial charge < -0.3 is 14.4 Å². The first-order valence-corrected chi connectivity index (χ1v) is 7.63. The standard InChI is InChI=1S/C15H17N3O2S/c1-2-5-12-6-3-4-7-13(12)20-15-14(16-21-17-15)18-8-10-19-11-9-18/h2-4,6-7H,1,5,8-11H2. The average molecular weight is 303 g/mol. The van der Waals surface area contributed by atoms with Crippen molar-refractivity contribution in [3.63, 3.8) is 0 Å². The van der Waals surface area contributed by atoms with Gasteiger partial charge in [-0.05, 0) is 18.1 Å². The van der Waals surface area contributed by atoms with Gasteiger partial charge in [0.1, 0.15) is 5.75 Å². The molecule has 0 N–H and O–H groups in total. The van der Waals surface area contributed by atoms with E-state index < -0.39 is 0 Å². The molecule has 0 saturated carbocycles. The number of ether oxygens (including phenoxy) is 2. The van der Waals surface area contributed by atoms with Gasteiger partial charge in [0.05, 0.1) is 24.9 Å². The van der Waals surface area contributed by atoms with Crippen LogP contribution < -0.4 is 9.64 Å². The number of morpholine rings is 1. The zero-order chi connectivity index (χ0) is 14.5. The number of hydrogen-bond acceptors (Lipinski definition) is 6. The summed E-state index contributed by atoms with van der Waals surface area (Å²) < 4.78 is 20.0. The molecule has 0 unspecified atom stereocenters. The molecule has 0 bridgehead atoms. The van der Waals surface area contributed by atoms with E-state index in [0.29, 0.717) is 19.1 Å². The number of anilines is 1. The Labute approximate surface area is 128 Å². The Balaban J connectivity index is 1.82. The number of hydrogen-bond donors (Lipinski definition) is 0. The molecule has 1 saturated heterocycles. The first-order valence-electron chi connectivity index (χ1n) is 6.90. The van der Waals surface area contributed by atoms with E-state index in [1.165, 1.54) is 11.7 Å². The minimum Gasteiger partial charge on any atom is -0.435 e. The van der Waals surface area contributed by atoms with Crippen LogP contribution in [0.2, 0.25) is 0 Å². The van der Waals surface area contributed by atoms with E-state index >= 15 is 0 Å². The molecule has 1 fully saturated rings. The maximum atomic E-state index is 5.99. The van der Waals surface area contributed by atoms with E-state index in [9.17, 15) is 0 Å². The van der Waals surface area contributed by atoms with Crippen molar-refractivity contribution in [1.82, 2.24) is 8.75 Å². The molecular weight excluding hydrogens is 286 g/mol. The fourth-order valence-corrected chi connectivity index (χ4v) is 2.74. The smallest absolute Gasteiger partial charge is 0.276 e. The molecule has 1 aliphatic rings. The molecule has 0 amide bonds. The Morgan fingerprint density at radius 1 is 1.29 bits per heavy atom. The highest BCUT2D eigenvalue weighted by Crippen LogP contribution is 2.32.